The van der Waals surface area contributed by atoms with Crippen molar-refractivity contribution in [1.29, 1.82) is 0 Å². The number of halogens is 1. The zero-order chi connectivity index (χ0) is 20.1. The second-order valence-electron chi connectivity index (χ2n) is 5.85. The van der Waals surface area contributed by atoms with Crippen LogP contribution in [0.25, 0.3) is 0 Å². The first-order valence-electron chi connectivity index (χ1n) is 8.07. The minimum absolute atomic E-state index is 0.342. The molecule has 7 nitrogen and oxygen atoms in total. The van der Waals surface area contributed by atoms with Gasteiger partial charge in [0.15, 0.2) is 0 Å². The van der Waals surface area contributed by atoms with Gasteiger partial charge in [-0.1, -0.05) is 22.0 Å². The Hall–Kier alpha value is -2.91. The molecule has 1 heterocycles. The number of sulfonamides is 1. The van der Waals surface area contributed by atoms with Gasteiger partial charge in [-0.05, 0) is 48.5 Å². The quantitative estimate of drug-likeness (QED) is 0.571. The lowest BCUT2D eigenvalue weighted by atomic mass is 10.2. The fourth-order valence-electron chi connectivity index (χ4n) is 2.27. The number of hydrogen-bond donors (Lipinski definition) is 2. The Labute approximate surface area is 170 Å². The summed E-state index contributed by atoms with van der Waals surface area (Å²) in [7, 11) is -3.35. The van der Waals surface area contributed by atoms with Crippen molar-refractivity contribution in [1.82, 2.24) is 4.98 Å². The molecule has 0 aliphatic carbocycles. The normalized spacial score (nSPS) is 10.9. The van der Waals surface area contributed by atoms with Gasteiger partial charge in [0.05, 0.1) is 11.8 Å². The van der Waals surface area contributed by atoms with Crippen molar-refractivity contribution in [2.24, 2.45) is 0 Å². The number of nitrogens with one attached hydrogen (secondary N) is 2. The van der Waals surface area contributed by atoms with Gasteiger partial charge < -0.3 is 10.1 Å². The maximum absolute atomic E-state index is 12.3. The zero-order valence-corrected chi connectivity index (χ0v) is 17.1. The minimum atomic E-state index is -3.35. The van der Waals surface area contributed by atoms with E-state index in [1.54, 1.807) is 42.5 Å². The summed E-state index contributed by atoms with van der Waals surface area (Å²) in [5.74, 6) is 0.651. The number of carbonyl (C=O) groups excluding carboxylic acids is 1. The summed E-state index contributed by atoms with van der Waals surface area (Å²) in [6.07, 6.45) is 2.49. The highest BCUT2D eigenvalue weighted by atomic mass is 79.9. The van der Waals surface area contributed by atoms with Crippen LogP contribution in [0.3, 0.4) is 0 Å². The van der Waals surface area contributed by atoms with E-state index in [0.29, 0.717) is 28.6 Å². The minimum Gasteiger partial charge on any atom is -0.439 e. The van der Waals surface area contributed by atoms with Crippen LogP contribution >= 0.6 is 15.9 Å². The average Bonchev–Trinajstić information content (AvgIpc) is 2.63. The van der Waals surface area contributed by atoms with Gasteiger partial charge in [-0.15, -0.1) is 0 Å². The van der Waals surface area contributed by atoms with Crippen molar-refractivity contribution in [2.45, 2.75) is 0 Å². The van der Waals surface area contributed by atoms with Crippen molar-refractivity contribution in [3.63, 3.8) is 0 Å². The maximum Gasteiger partial charge on any atom is 0.257 e. The molecule has 0 radical (unpaired) electrons. The number of carbonyl (C=O) groups is 1. The highest BCUT2D eigenvalue weighted by Gasteiger charge is 2.08. The molecule has 0 bridgehead atoms. The highest BCUT2D eigenvalue weighted by Crippen LogP contribution is 2.23. The van der Waals surface area contributed by atoms with E-state index in [4.69, 9.17) is 4.74 Å². The number of aromatic nitrogens is 1. The third-order valence-corrected chi connectivity index (χ3v) is 4.56. The van der Waals surface area contributed by atoms with E-state index in [9.17, 15) is 13.2 Å². The van der Waals surface area contributed by atoms with E-state index >= 15 is 0 Å². The Bertz CT molecular complexity index is 1080. The highest BCUT2D eigenvalue weighted by molar-refractivity contribution is 9.10. The van der Waals surface area contributed by atoms with Crippen molar-refractivity contribution in [3.05, 3.63) is 76.9 Å². The van der Waals surface area contributed by atoms with Crippen LogP contribution in [-0.4, -0.2) is 25.6 Å². The molecule has 28 heavy (non-hydrogen) atoms. The molecule has 9 heteroatoms. The molecular weight excluding hydrogens is 446 g/mol. The summed E-state index contributed by atoms with van der Waals surface area (Å²) >= 11 is 3.37. The molecule has 0 saturated carbocycles. The molecule has 0 atom stereocenters. The second-order valence-corrected chi connectivity index (χ2v) is 8.51. The number of anilines is 2. The van der Waals surface area contributed by atoms with Crippen LogP contribution in [0.1, 0.15) is 10.4 Å². The van der Waals surface area contributed by atoms with Gasteiger partial charge in [-0.25, -0.2) is 13.4 Å². The molecule has 2 aromatic carbocycles. The van der Waals surface area contributed by atoms with E-state index in [2.05, 4.69) is 31.0 Å². The Balaban J connectivity index is 1.63. The number of hydrogen-bond acceptors (Lipinski definition) is 5. The number of pyridine rings is 1. The number of ether oxygens (including phenoxy) is 1. The Kier molecular flexibility index (Phi) is 5.96. The molecule has 0 saturated heterocycles. The number of rotatable bonds is 6. The van der Waals surface area contributed by atoms with E-state index < -0.39 is 10.0 Å². The first-order valence-corrected chi connectivity index (χ1v) is 10.8. The van der Waals surface area contributed by atoms with Crippen molar-refractivity contribution in [3.8, 4) is 11.6 Å². The van der Waals surface area contributed by atoms with Crippen LogP contribution in [0.4, 0.5) is 11.4 Å². The summed E-state index contributed by atoms with van der Waals surface area (Å²) in [6, 6.07) is 16.9. The van der Waals surface area contributed by atoms with Gasteiger partial charge >= 0.3 is 0 Å². The lowest BCUT2D eigenvalue weighted by Gasteiger charge is -2.08. The number of amides is 1. The lowest BCUT2D eigenvalue weighted by molar-refractivity contribution is 0.102. The third kappa shape index (κ3) is 5.80. The molecule has 0 aliphatic heterocycles. The first kappa shape index (κ1) is 19.8. The van der Waals surface area contributed by atoms with Crippen LogP contribution < -0.4 is 14.8 Å². The molecule has 0 spiro atoms. The topological polar surface area (TPSA) is 97.4 Å². The molecule has 144 valence electrons. The van der Waals surface area contributed by atoms with Gasteiger partial charge in [-0.2, -0.15) is 0 Å². The molecule has 1 amide bonds. The van der Waals surface area contributed by atoms with E-state index in [0.717, 1.165) is 10.7 Å². The Morgan fingerprint density at radius 3 is 2.36 bits per heavy atom. The summed E-state index contributed by atoms with van der Waals surface area (Å²) in [6.45, 7) is 0. The van der Waals surface area contributed by atoms with Crippen LogP contribution in [0.15, 0.2) is 71.3 Å². The monoisotopic (exact) mass is 461 g/mol. The Morgan fingerprint density at radius 2 is 1.75 bits per heavy atom. The summed E-state index contributed by atoms with van der Waals surface area (Å²) in [5.41, 5.74) is 1.30. The number of nitrogens with zero attached hydrogens (tertiary/aromatic N) is 1. The second kappa shape index (κ2) is 8.41. The molecule has 0 unspecified atom stereocenters. The smallest absolute Gasteiger partial charge is 0.257 e. The summed E-state index contributed by atoms with van der Waals surface area (Å²) in [4.78, 5) is 16.5. The van der Waals surface area contributed by atoms with Crippen LogP contribution in [0.2, 0.25) is 0 Å². The van der Waals surface area contributed by atoms with Gasteiger partial charge in [0.25, 0.3) is 5.91 Å². The van der Waals surface area contributed by atoms with Crippen LogP contribution in [0.5, 0.6) is 11.6 Å². The van der Waals surface area contributed by atoms with Gasteiger partial charge in [0, 0.05) is 28.1 Å². The average molecular weight is 462 g/mol. The molecular formula is C19H16BrN3O4S. The third-order valence-electron chi connectivity index (χ3n) is 3.46. The molecule has 3 aromatic rings. The maximum atomic E-state index is 12.3. The number of benzene rings is 2. The molecule has 3 rings (SSSR count). The largest absolute Gasteiger partial charge is 0.439 e. The van der Waals surface area contributed by atoms with E-state index in [-0.39, 0.29) is 5.91 Å². The van der Waals surface area contributed by atoms with Crippen molar-refractivity contribution < 1.29 is 17.9 Å². The fraction of sp³-hybridized carbons (Fsp3) is 0.0526. The molecule has 1 aromatic heterocycles. The van der Waals surface area contributed by atoms with E-state index in [1.807, 2.05) is 18.2 Å². The molecule has 0 fully saturated rings. The summed E-state index contributed by atoms with van der Waals surface area (Å²) in [5, 5.41) is 2.72. The summed E-state index contributed by atoms with van der Waals surface area (Å²) < 4.78 is 31.3. The SMILES string of the molecule is CS(=O)(=O)Nc1ccc(NC(=O)c2ccc(Oc3cccc(Br)c3)nc2)cc1. The Morgan fingerprint density at radius 1 is 1.04 bits per heavy atom. The molecule has 0 aliphatic rings. The zero-order valence-electron chi connectivity index (χ0n) is 14.7. The standard InChI is InChI=1S/C19H16BrN3O4S/c1-28(25,26)23-16-8-6-15(7-9-16)22-19(24)13-5-10-18(21-12-13)27-17-4-2-3-14(20)11-17/h2-12,23H,1H3,(H,22,24). The van der Waals surface area contributed by atoms with Crippen molar-refractivity contribution >= 4 is 43.2 Å². The van der Waals surface area contributed by atoms with Crippen LogP contribution in [0, 0.1) is 0 Å². The fourth-order valence-corrected chi connectivity index (χ4v) is 3.21. The van der Waals surface area contributed by atoms with Crippen LogP contribution in [-0.2, 0) is 10.0 Å². The van der Waals surface area contributed by atoms with Crippen molar-refractivity contribution in [2.75, 3.05) is 16.3 Å². The van der Waals surface area contributed by atoms with Gasteiger partial charge in [0.1, 0.15) is 5.75 Å². The lowest BCUT2D eigenvalue weighted by Crippen LogP contribution is -2.12. The van der Waals surface area contributed by atoms with Gasteiger partial charge in [0.2, 0.25) is 15.9 Å². The predicted molar refractivity (Wildman–Crippen MR) is 111 cm³/mol. The predicted octanol–water partition coefficient (Wildman–Crippen LogP) is 4.26. The first-order chi connectivity index (χ1) is 13.3. The van der Waals surface area contributed by atoms with Gasteiger partial charge in [-0.3, -0.25) is 9.52 Å². The van der Waals surface area contributed by atoms with E-state index in [1.165, 1.54) is 6.20 Å². The molecule has 2 N–H and O–H groups in total.